The maximum atomic E-state index is 11.2. The van der Waals surface area contributed by atoms with Crippen LogP contribution in [0.1, 0.15) is 40.0 Å². The van der Waals surface area contributed by atoms with E-state index < -0.39 is 10.0 Å². The molecule has 0 amide bonds. The Bertz CT molecular complexity index is 579. The normalized spacial score (nSPS) is 25.3. The Morgan fingerprint density at radius 2 is 1.67 bits per heavy atom. The largest absolute Gasteiger partial charge is 0.382 e. The second kappa shape index (κ2) is 5.87. The molecule has 2 N–H and O–H groups in total. The van der Waals surface area contributed by atoms with Gasteiger partial charge in [0.25, 0.3) is 0 Å². The van der Waals surface area contributed by atoms with Crippen molar-refractivity contribution in [3.8, 4) is 0 Å². The van der Waals surface area contributed by atoms with E-state index in [0.29, 0.717) is 17.1 Å². The van der Waals surface area contributed by atoms with Crippen molar-refractivity contribution in [3.05, 3.63) is 24.3 Å². The highest BCUT2D eigenvalue weighted by Crippen LogP contribution is 2.39. The first-order chi connectivity index (χ1) is 9.63. The van der Waals surface area contributed by atoms with E-state index in [0.717, 1.165) is 17.9 Å². The third-order valence-corrected chi connectivity index (χ3v) is 4.55. The molecule has 1 aliphatic carbocycles. The SMILES string of the molecule is CC1CC(Nc2ccc(NS(C)(=O)=O)cc2)CC(C)(C)C1. The van der Waals surface area contributed by atoms with Gasteiger partial charge in [-0.2, -0.15) is 0 Å². The fraction of sp³-hybridized carbons (Fsp3) is 0.625. The minimum absolute atomic E-state index is 0.382. The molecule has 0 heterocycles. The van der Waals surface area contributed by atoms with Gasteiger partial charge in [-0.1, -0.05) is 20.8 Å². The second-order valence-corrected chi connectivity index (χ2v) is 8.95. The molecule has 0 aliphatic heterocycles. The van der Waals surface area contributed by atoms with Crippen molar-refractivity contribution in [1.82, 2.24) is 0 Å². The molecule has 2 rings (SSSR count). The molecule has 0 aromatic heterocycles. The number of hydrogen-bond acceptors (Lipinski definition) is 3. The van der Waals surface area contributed by atoms with Gasteiger partial charge in [0.1, 0.15) is 0 Å². The molecule has 1 aromatic rings. The molecule has 4 nitrogen and oxygen atoms in total. The third kappa shape index (κ3) is 5.23. The van der Waals surface area contributed by atoms with Gasteiger partial charge in [0.15, 0.2) is 0 Å². The molecule has 21 heavy (non-hydrogen) atoms. The lowest BCUT2D eigenvalue weighted by atomic mass is 9.70. The monoisotopic (exact) mass is 310 g/mol. The molecule has 2 atom stereocenters. The molecule has 5 heteroatoms. The Labute approximate surface area is 128 Å². The zero-order chi connectivity index (χ0) is 15.7. The van der Waals surface area contributed by atoms with Crippen LogP contribution in [-0.2, 0) is 10.0 Å². The summed E-state index contributed by atoms with van der Waals surface area (Å²) in [5, 5.41) is 3.58. The molecule has 1 aliphatic rings. The summed E-state index contributed by atoms with van der Waals surface area (Å²) in [6.45, 7) is 6.97. The zero-order valence-electron chi connectivity index (χ0n) is 13.3. The molecule has 0 bridgehead atoms. The van der Waals surface area contributed by atoms with Crippen LogP contribution in [-0.4, -0.2) is 20.7 Å². The molecule has 0 spiro atoms. The average Bonchev–Trinajstić information content (AvgIpc) is 2.27. The lowest BCUT2D eigenvalue weighted by Gasteiger charge is -2.39. The van der Waals surface area contributed by atoms with Gasteiger partial charge in [0.2, 0.25) is 10.0 Å². The van der Waals surface area contributed by atoms with Gasteiger partial charge in [-0.05, 0) is 54.9 Å². The van der Waals surface area contributed by atoms with Crippen LogP contribution < -0.4 is 10.0 Å². The van der Waals surface area contributed by atoms with Crippen molar-refractivity contribution in [3.63, 3.8) is 0 Å². The smallest absolute Gasteiger partial charge is 0.229 e. The summed E-state index contributed by atoms with van der Waals surface area (Å²) in [6.07, 6.45) is 4.79. The first-order valence-corrected chi connectivity index (χ1v) is 9.36. The van der Waals surface area contributed by atoms with Gasteiger partial charge >= 0.3 is 0 Å². The number of anilines is 2. The summed E-state index contributed by atoms with van der Waals surface area (Å²) >= 11 is 0. The summed E-state index contributed by atoms with van der Waals surface area (Å²) in [4.78, 5) is 0. The van der Waals surface area contributed by atoms with E-state index in [1.165, 1.54) is 19.3 Å². The second-order valence-electron chi connectivity index (χ2n) is 7.21. The Morgan fingerprint density at radius 1 is 1.10 bits per heavy atom. The first kappa shape index (κ1) is 16.1. The molecule has 2 unspecified atom stereocenters. The van der Waals surface area contributed by atoms with E-state index in [2.05, 4.69) is 30.8 Å². The Morgan fingerprint density at radius 3 is 2.19 bits per heavy atom. The summed E-state index contributed by atoms with van der Waals surface area (Å²) in [7, 11) is -3.21. The number of nitrogens with one attached hydrogen (secondary N) is 2. The summed E-state index contributed by atoms with van der Waals surface area (Å²) in [6, 6.07) is 7.93. The minimum Gasteiger partial charge on any atom is -0.382 e. The van der Waals surface area contributed by atoms with Crippen LogP contribution in [0.3, 0.4) is 0 Å². The third-order valence-electron chi connectivity index (χ3n) is 3.95. The van der Waals surface area contributed by atoms with Crippen molar-refractivity contribution in [1.29, 1.82) is 0 Å². The van der Waals surface area contributed by atoms with Gasteiger partial charge in [-0.3, -0.25) is 4.72 Å². The number of sulfonamides is 1. The standard InChI is InChI=1S/C16H26N2O2S/c1-12-9-15(11-16(2,3)10-12)17-13-5-7-14(8-6-13)18-21(4,19)20/h5-8,12,15,17-18H,9-11H2,1-4H3. The van der Waals surface area contributed by atoms with Crippen molar-refractivity contribution in [2.45, 2.75) is 46.1 Å². The number of rotatable bonds is 4. The van der Waals surface area contributed by atoms with Crippen molar-refractivity contribution >= 4 is 21.4 Å². The van der Waals surface area contributed by atoms with Crippen LogP contribution in [0, 0.1) is 11.3 Å². The summed E-state index contributed by atoms with van der Waals surface area (Å²) in [5.41, 5.74) is 2.02. The van der Waals surface area contributed by atoms with Crippen LogP contribution >= 0.6 is 0 Å². The van der Waals surface area contributed by atoms with E-state index in [-0.39, 0.29) is 0 Å². The highest BCUT2D eigenvalue weighted by molar-refractivity contribution is 7.92. The summed E-state index contributed by atoms with van der Waals surface area (Å²) < 4.78 is 24.8. The molecule has 0 radical (unpaired) electrons. The summed E-state index contributed by atoms with van der Waals surface area (Å²) in [5.74, 6) is 0.734. The van der Waals surface area contributed by atoms with Gasteiger partial charge in [-0.25, -0.2) is 8.42 Å². The highest BCUT2D eigenvalue weighted by Gasteiger charge is 2.31. The van der Waals surface area contributed by atoms with Crippen LogP contribution in [0.15, 0.2) is 24.3 Å². The predicted molar refractivity (Wildman–Crippen MR) is 89.1 cm³/mol. The maximum absolute atomic E-state index is 11.2. The molecular formula is C16H26N2O2S. The molecular weight excluding hydrogens is 284 g/mol. The first-order valence-electron chi connectivity index (χ1n) is 7.47. The van der Waals surface area contributed by atoms with Crippen LogP contribution in [0.4, 0.5) is 11.4 Å². The zero-order valence-corrected chi connectivity index (χ0v) is 14.1. The van der Waals surface area contributed by atoms with E-state index in [1.807, 2.05) is 12.1 Å². The topological polar surface area (TPSA) is 58.2 Å². The van der Waals surface area contributed by atoms with E-state index in [4.69, 9.17) is 0 Å². The molecule has 1 saturated carbocycles. The molecule has 1 fully saturated rings. The fourth-order valence-electron chi connectivity index (χ4n) is 3.54. The Balaban J connectivity index is 2.00. The predicted octanol–water partition coefficient (Wildman–Crippen LogP) is 3.68. The quantitative estimate of drug-likeness (QED) is 0.892. The Kier molecular flexibility index (Phi) is 4.51. The minimum atomic E-state index is -3.21. The Hall–Kier alpha value is -1.23. The van der Waals surface area contributed by atoms with E-state index in [9.17, 15) is 8.42 Å². The van der Waals surface area contributed by atoms with Crippen molar-refractivity contribution in [2.24, 2.45) is 11.3 Å². The highest BCUT2D eigenvalue weighted by atomic mass is 32.2. The lowest BCUT2D eigenvalue weighted by molar-refractivity contribution is 0.178. The molecule has 118 valence electrons. The van der Waals surface area contributed by atoms with E-state index in [1.54, 1.807) is 12.1 Å². The number of hydrogen-bond donors (Lipinski definition) is 2. The van der Waals surface area contributed by atoms with Crippen molar-refractivity contribution < 1.29 is 8.42 Å². The van der Waals surface area contributed by atoms with Crippen LogP contribution in [0.25, 0.3) is 0 Å². The van der Waals surface area contributed by atoms with Gasteiger partial charge in [-0.15, -0.1) is 0 Å². The molecule has 1 aromatic carbocycles. The lowest BCUT2D eigenvalue weighted by Crippen LogP contribution is -2.35. The van der Waals surface area contributed by atoms with Gasteiger partial charge in [0, 0.05) is 17.4 Å². The van der Waals surface area contributed by atoms with Crippen LogP contribution in [0.5, 0.6) is 0 Å². The maximum Gasteiger partial charge on any atom is 0.229 e. The van der Waals surface area contributed by atoms with E-state index >= 15 is 0 Å². The van der Waals surface area contributed by atoms with Crippen molar-refractivity contribution in [2.75, 3.05) is 16.3 Å². The van der Waals surface area contributed by atoms with Gasteiger partial charge < -0.3 is 5.32 Å². The fourth-order valence-corrected chi connectivity index (χ4v) is 4.10. The van der Waals surface area contributed by atoms with Gasteiger partial charge in [0.05, 0.1) is 6.26 Å². The number of benzene rings is 1. The molecule has 0 saturated heterocycles. The van der Waals surface area contributed by atoms with Crippen LogP contribution in [0.2, 0.25) is 0 Å². The average molecular weight is 310 g/mol.